The smallest absolute Gasteiger partial charge is 0.255 e. The van der Waals surface area contributed by atoms with Crippen LogP contribution in [-0.4, -0.2) is 40.0 Å². The van der Waals surface area contributed by atoms with Gasteiger partial charge in [-0.05, 0) is 36.4 Å². The zero-order valence-corrected chi connectivity index (χ0v) is 13.6. The van der Waals surface area contributed by atoms with Crippen molar-refractivity contribution >= 4 is 28.4 Å². The number of aliphatic hydroxyl groups is 1. The SMILES string of the molecule is CC(=O)c1cc2cc(NC(=O)c3ccc(OCCO)cc3)cnc2[nH]1. The molecule has 25 heavy (non-hydrogen) atoms. The number of nitrogens with zero attached hydrogens (tertiary/aromatic N) is 1. The molecule has 0 bridgehead atoms. The first-order valence-electron chi connectivity index (χ1n) is 7.71. The van der Waals surface area contributed by atoms with E-state index in [1.165, 1.54) is 13.1 Å². The third-order valence-electron chi connectivity index (χ3n) is 3.58. The van der Waals surface area contributed by atoms with Gasteiger partial charge in [-0.3, -0.25) is 9.59 Å². The lowest BCUT2D eigenvalue weighted by Crippen LogP contribution is -2.12. The van der Waals surface area contributed by atoms with Gasteiger partial charge in [-0.1, -0.05) is 0 Å². The molecule has 3 rings (SSSR count). The number of carbonyl (C=O) groups excluding carboxylic acids is 2. The van der Waals surface area contributed by atoms with E-state index >= 15 is 0 Å². The van der Waals surface area contributed by atoms with Gasteiger partial charge in [0.1, 0.15) is 18.0 Å². The third kappa shape index (κ3) is 3.84. The van der Waals surface area contributed by atoms with E-state index in [0.29, 0.717) is 28.3 Å². The maximum absolute atomic E-state index is 12.3. The van der Waals surface area contributed by atoms with Crippen molar-refractivity contribution in [3.63, 3.8) is 0 Å². The molecule has 2 heterocycles. The Labute approximate surface area is 143 Å². The highest BCUT2D eigenvalue weighted by Gasteiger charge is 2.10. The fourth-order valence-electron chi connectivity index (χ4n) is 2.34. The fourth-order valence-corrected chi connectivity index (χ4v) is 2.34. The first kappa shape index (κ1) is 16.7. The number of anilines is 1. The van der Waals surface area contributed by atoms with Crippen molar-refractivity contribution in [1.29, 1.82) is 0 Å². The molecule has 0 aliphatic carbocycles. The molecule has 7 nitrogen and oxygen atoms in total. The maximum Gasteiger partial charge on any atom is 0.255 e. The lowest BCUT2D eigenvalue weighted by molar-refractivity contribution is 0.101. The highest BCUT2D eigenvalue weighted by molar-refractivity contribution is 6.05. The first-order chi connectivity index (χ1) is 12.1. The fraction of sp³-hybridized carbons (Fsp3) is 0.167. The minimum absolute atomic E-state index is 0.0672. The molecule has 3 N–H and O–H groups in total. The highest BCUT2D eigenvalue weighted by atomic mass is 16.5. The molecular weight excluding hydrogens is 322 g/mol. The van der Waals surface area contributed by atoms with Crippen molar-refractivity contribution in [3.05, 3.63) is 53.9 Å². The summed E-state index contributed by atoms with van der Waals surface area (Å²) in [5, 5.41) is 12.2. The monoisotopic (exact) mass is 339 g/mol. The number of carbonyl (C=O) groups is 2. The molecule has 2 aromatic heterocycles. The zero-order valence-electron chi connectivity index (χ0n) is 13.6. The van der Waals surface area contributed by atoms with Crippen LogP contribution < -0.4 is 10.1 Å². The summed E-state index contributed by atoms with van der Waals surface area (Å²) < 4.78 is 5.26. The Morgan fingerprint density at radius 1 is 1.24 bits per heavy atom. The van der Waals surface area contributed by atoms with Crippen molar-refractivity contribution < 1.29 is 19.4 Å². The number of ether oxygens (including phenoxy) is 1. The quantitative estimate of drug-likeness (QED) is 0.598. The summed E-state index contributed by atoms with van der Waals surface area (Å²) in [6.07, 6.45) is 1.53. The number of aromatic nitrogens is 2. The van der Waals surface area contributed by atoms with Crippen LogP contribution in [0.5, 0.6) is 5.75 Å². The van der Waals surface area contributed by atoms with Crippen molar-refractivity contribution in [1.82, 2.24) is 9.97 Å². The van der Waals surface area contributed by atoms with Crippen LogP contribution in [0.25, 0.3) is 11.0 Å². The number of H-pyrrole nitrogens is 1. The van der Waals surface area contributed by atoms with Crippen LogP contribution in [0.15, 0.2) is 42.6 Å². The minimum atomic E-state index is -0.280. The Bertz CT molecular complexity index is 916. The van der Waals surface area contributed by atoms with E-state index < -0.39 is 0 Å². The second-order valence-electron chi connectivity index (χ2n) is 5.45. The maximum atomic E-state index is 12.3. The molecule has 3 aromatic rings. The van der Waals surface area contributed by atoms with Crippen LogP contribution in [-0.2, 0) is 0 Å². The Hall–Kier alpha value is -3.19. The third-order valence-corrected chi connectivity index (χ3v) is 3.58. The molecule has 0 saturated carbocycles. The predicted molar refractivity (Wildman–Crippen MR) is 93.1 cm³/mol. The van der Waals surface area contributed by atoms with Crippen molar-refractivity contribution in [2.75, 3.05) is 18.5 Å². The van der Waals surface area contributed by atoms with Gasteiger partial charge in [0.25, 0.3) is 5.91 Å². The molecule has 0 aliphatic rings. The van der Waals surface area contributed by atoms with E-state index in [-0.39, 0.29) is 24.9 Å². The number of aromatic amines is 1. The van der Waals surface area contributed by atoms with Crippen LogP contribution in [0.2, 0.25) is 0 Å². The second-order valence-corrected chi connectivity index (χ2v) is 5.45. The van der Waals surface area contributed by atoms with Crippen LogP contribution in [0.4, 0.5) is 5.69 Å². The van der Waals surface area contributed by atoms with Gasteiger partial charge in [0.05, 0.1) is 24.2 Å². The molecule has 0 radical (unpaired) electrons. The number of ketones is 1. The number of aliphatic hydroxyl groups excluding tert-OH is 1. The van der Waals surface area contributed by atoms with Crippen molar-refractivity contribution in [3.8, 4) is 5.75 Å². The van der Waals surface area contributed by atoms with Gasteiger partial charge in [0.2, 0.25) is 0 Å². The standard InChI is InChI=1S/C18H17N3O4/c1-11(23)16-9-13-8-14(10-19-17(13)21-16)20-18(24)12-2-4-15(5-3-12)25-7-6-22/h2-5,8-10,22H,6-7H2,1H3,(H,19,21)(H,20,24). The summed E-state index contributed by atoms with van der Waals surface area (Å²) in [7, 11) is 0. The zero-order chi connectivity index (χ0) is 17.8. The first-order valence-corrected chi connectivity index (χ1v) is 7.71. The van der Waals surface area contributed by atoms with Gasteiger partial charge in [0.15, 0.2) is 5.78 Å². The van der Waals surface area contributed by atoms with Gasteiger partial charge in [-0.25, -0.2) is 4.98 Å². The Morgan fingerprint density at radius 3 is 2.68 bits per heavy atom. The predicted octanol–water partition coefficient (Wildman–Crippen LogP) is 2.39. The summed E-state index contributed by atoms with van der Waals surface area (Å²) in [6.45, 7) is 1.61. The molecule has 7 heteroatoms. The average Bonchev–Trinajstić information content (AvgIpc) is 3.04. The number of amides is 1. The largest absolute Gasteiger partial charge is 0.491 e. The summed E-state index contributed by atoms with van der Waals surface area (Å²) >= 11 is 0. The molecular formula is C18H17N3O4. The summed E-state index contributed by atoms with van der Waals surface area (Å²) in [4.78, 5) is 30.8. The molecule has 1 aromatic carbocycles. The van der Waals surface area contributed by atoms with E-state index in [0.717, 1.165) is 5.39 Å². The summed E-state index contributed by atoms with van der Waals surface area (Å²) in [5.74, 6) is 0.224. The number of hydrogen-bond donors (Lipinski definition) is 3. The Balaban J connectivity index is 1.73. The number of fused-ring (bicyclic) bond motifs is 1. The van der Waals surface area contributed by atoms with E-state index in [4.69, 9.17) is 9.84 Å². The number of rotatable bonds is 6. The van der Waals surface area contributed by atoms with Crippen LogP contribution in [0.3, 0.4) is 0 Å². The topological polar surface area (TPSA) is 104 Å². The van der Waals surface area contributed by atoms with E-state index in [1.54, 1.807) is 36.4 Å². The Kier molecular flexibility index (Phi) is 4.76. The van der Waals surface area contributed by atoms with Crippen LogP contribution in [0, 0.1) is 0 Å². The molecule has 0 spiro atoms. The van der Waals surface area contributed by atoms with Crippen LogP contribution >= 0.6 is 0 Å². The van der Waals surface area contributed by atoms with E-state index in [9.17, 15) is 9.59 Å². The molecule has 0 saturated heterocycles. The number of pyridine rings is 1. The normalized spacial score (nSPS) is 10.6. The minimum Gasteiger partial charge on any atom is -0.491 e. The molecule has 0 fully saturated rings. The lowest BCUT2D eigenvalue weighted by atomic mass is 10.2. The van der Waals surface area contributed by atoms with Gasteiger partial charge in [0, 0.05) is 17.9 Å². The molecule has 128 valence electrons. The van der Waals surface area contributed by atoms with Crippen molar-refractivity contribution in [2.24, 2.45) is 0 Å². The second kappa shape index (κ2) is 7.14. The highest BCUT2D eigenvalue weighted by Crippen LogP contribution is 2.19. The van der Waals surface area contributed by atoms with E-state index in [2.05, 4.69) is 15.3 Å². The number of hydrogen-bond acceptors (Lipinski definition) is 5. The number of Topliss-reactive ketones (excluding diaryl/α,β-unsaturated/α-hetero) is 1. The number of benzene rings is 1. The van der Waals surface area contributed by atoms with Gasteiger partial charge in [-0.2, -0.15) is 0 Å². The molecule has 0 aliphatic heterocycles. The molecule has 0 atom stereocenters. The summed E-state index contributed by atoms with van der Waals surface area (Å²) in [5.41, 5.74) is 2.07. The van der Waals surface area contributed by atoms with Gasteiger partial charge in [-0.15, -0.1) is 0 Å². The van der Waals surface area contributed by atoms with Crippen LogP contribution in [0.1, 0.15) is 27.8 Å². The van der Waals surface area contributed by atoms with E-state index in [1.807, 2.05) is 0 Å². The lowest BCUT2D eigenvalue weighted by Gasteiger charge is -2.07. The molecule has 1 amide bonds. The molecule has 0 unspecified atom stereocenters. The Morgan fingerprint density at radius 2 is 2.00 bits per heavy atom. The van der Waals surface area contributed by atoms with Crippen molar-refractivity contribution in [2.45, 2.75) is 6.92 Å². The van der Waals surface area contributed by atoms with Gasteiger partial charge >= 0.3 is 0 Å². The summed E-state index contributed by atoms with van der Waals surface area (Å²) in [6, 6.07) is 10.1. The van der Waals surface area contributed by atoms with Gasteiger partial charge < -0.3 is 20.1 Å². The average molecular weight is 339 g/mol. The number of nitrogens with one attached hydrogen (secondary N) is 2.